The summed E-state index contributed by atoms with van der Waals surface area (Å²) in [5.74, 6) is 0.683. The number of ketones is 2. The molecule has 1 fully saturated rings. The zero-order valence-electron chi connectivity index (χ0n) is 8.18. The number of rotatable bonds is 2. The Bertz CT molecular complexity index is 332. The lowest BCUT2D eigenvalue weighted by atomic mass is 9.94. The second-order valence-electron chi connectivity index (χ2n) is 4.21. The molecule has 14 heavy (non-hydrogen) atoms. The number of halogens is 1. The van der Waals surface area contributed by atoms with Crippen LogP contribution in [0.1, 0.15) is 32.6 Å². The minimum absolute atomic E-state index is 0.182. The molecule has 0 unspecified atom stereocenters. The first-order valence-corrected chi connectivity index (χ1v) is 5.76. The number of allylic oxidation sites excluding steroid dienone is 2. The lowest BCUT2D eigenvalue weighted by Crippen LogP contribution is -2.16. The fraction of sp³-hybridized carbons (Fsp3) is 0.636. The quantitative estimate of drug-likeness (QED) is 0.712. The van der Waals surface area contributed by atoms with Crippen LogP contribution in [0, 0.1) is 5.92 Å². The number of hydrogen-bond acceptors (Lipinski definition) is 2. The summed E-state index contributed by atoms with van der Waals surface area (Å²) in [6, 6.07) is 0. The standard InChI is InChI=1S/C11H13BrO2/c1-7(13)11(12)6-10(11)8-3-2-4-9(14)5-8/h5,10H,2-4,6H2,1H3/t10-,11-/m0/s1. The Morgan fingerprint density at radius 3 is 2.79 bits per heavy atom. The highest BCUT2D eigenvalue weighted by Crippen LogP contribution is 2.57. The lowest BCUT2D eigenvalue weighted by molar-refractivity contribution is -0.117. The summed E-state index contributed by atoms with van der Waals surface area (Å²) in [5.41, 5.74) is 1.17. The van der Waals surface area contributed by atoms with Crippen LogP contribution in [0.3, 0.4) is 0 Å². The highest BCUT2D eigenvalue weighted by Gasteiger charge is 2.57. The lowest BCUT2D eigenvalue weighted by Gasteiger charge is -2.13. The van der Waals surface area contributed by atoms with E-state index in [0.29, 0.717) is 6.42 Å². The molecule has 0 aliphatic heterocycles. The van der Waals surface area contributed by atoms with Gasteiger partial charge in [-0.25, -0.2) is 0 Å². The van der Waals surface area contributed by atoms with Crippen molar-refractivity contribution >= 4 is 27.5 Å². The van der Waals surface area contributed by atoms with Crippen molar-refractivity contribution < 1.29 is 9.59 Å². The molecule has 2 atom stereocenters. The summed E-state index contributed by atoms with van der Waals surface area (Å²) in [5, 5.41) is 0. The monoisotopic (exact) mass is 256 g/mol. The molecule has 0 aromatic heterocycles. The molecule has 0 bridgehead atoms. The van der Waals surface area contributed by atoms with E-state index in [1.165, 1.54) is 5.57 Å². The average molecular weight is 257 g/mol. The first-order chi connectivity index (χ1) is 6.54. The van der Waals surface area contributed by atoms with Gasteiger partial charge in [0.05, 0.1) is 4.32 Å². The summed E-state index contributed by atoms with van der Waals surface area (Å²) in [6.45, 7) is 1.61. The Kier molecular flexibility index (Phi) is 2.38. The summed E-state index contributed by atoms with van der Waals surface area (Å²) in [7, 11) is 0. The first kappa shape index (κ1) is 10.1. The van der Waals surface area contributed by atoms with E-state index in [9.17, 15) is 9.59 Å². The molecule has 2 rings (SSSR count). The smallest absolute Gasteiger partial charge is 0.155 e. The van der Waals surface area contributed by atoms with Crippen LogP contribution >= 0.6 is 15.9 Å². The number of alkyl halides is 1. The molecule has 2 aliphatic carbocycles. The molecule has 0 N–H and O–H groups in total. The molecule has 76 valence electrons. The fourth-order valence-electron chi connectivity index (χ4n) is 2.14. The second-order valence-corrected chi connectivity index (χ2v) is 5.63. The molecule has 1 saturated carbocycles. The molecule has 0 heterocycles. The normalized spacial score (nSPS) is 36.6. The predicted octanol–water partition coefficient (Wildman–Crippen LogP) is 2.41. The molecule has 0 aromatic rings. The molecule has 2 aliphatic rings. The Morgan fingerprint density at radius 1 is 1.57 bits per heavy atom. The summed E-state index contributed by atoms with van der Waals surface area (Å²) >= 11 is 3.47. The molecule has 0 radical (unpaired) electrons. The van der Waals surface area contributed by atoms with Crippen LogP contribution in [-0.2, 0) is 9.59 Å². The maximum atomic E-state index is 11.3. The minimum atomic E-state index is -0.337. The molecular formula is C11H13BrO2. The van der Waals surface area contributed by atoms with Gasteiger partial charge in [0.1, 0.15) is 5.78 Å². The van der Waals surface area contributed by atoms with Crippen LogP contribution in [0.25, 0.3) is 0 Å². The van der Waals surface area contributed by atoms with Gasteiger partial charge in [-0.1, -0.05) is 21.5 Å². The third-order valence-electron chi connectivity index (χ3n) is 3.16. The van der Waals surface area contributed by atoms with Crippen LogP contribution in [0.5, 0.6) is 0 Å². The van der Waals surface area contributed by atoms with Crippen molar-refractivity contribution in [2.75, 3.05) is 0 Å². The van der Waals surface area contributed by atoms with E-state index in [4.69, 9.17) is 0 Å². The van der Waals surface area contributed by atoms with Gasteiger partial charge in [0.15, 0.2) is 5.78 Å². The maximum absolute atomic E-state index is 11.3. The number of carbonyl (C=O) groups excluding carboxylic acids is 2. The van der Waals surface area contributed by atoms with E-state index >= 15 is 0 Å². The molecule has 0 amide bonds. The highest BCUT2D eigenvalue weighted by atomic mass is 79.9. The average Bonchev–Trinajstić information content (AvgIpc) is 2.80. The molecule has 0 aromatic carbocycles. The van der Waals surface area contributed by atoms with E-state index in [-0.39, 0.29) is 21.8 Å². The van der Waals surface area contributed by atoms with Gasteiger partial charge in [-0.15, -0.1) is 0 Å². The zero-order chi connectivity index (χ0) is 10.3. The topological polar surface area (TPSA) is 34.1 Å². The van der Waals surface area contributed by atoms with E-state index in [2.05, 4.69) is 15.9 Å². The van der Waals surface area contributed by atoms with Crippen LogP contribution in [0.15, 0.2) is 11.6 Å². The Morgan fingerprint density at radius 2 is 2.29 bits per heavy atom. The molecule has 0 spiro atoms. The van der Waals surface area contributed by atoms with Crippen LogP contribution in [0.2, 0.25) is 0 Å². The highest BCUT2D eigenvalue weighted by molar-refractivity contribution is 9.10. The summed E-state index contributed by atoms with van der Waals surface area (Å²) < 4.78 is -0.337. The summed E-state index contributed by atoms with van der Waals surface area (Å²) in [6.07, 6.45) is 5.21. The maximum Gasteiger partial charge on any atom is 0.155 e. The van der Waals surface area contributed by atoms with Gasteiger partial charge in [-0.2, -0.15) is 0 Å². The van der Waals surface area contributed by atoms with Crippen molar-refractivity contribution in [1.82, 2.24) is 0 Å². The minimum Gasteiger partial charge on any atom is -0.298 e. The first-order valence-electron chi connectivity index (χ1n) is 4.97. The van der Waals surface area contributed by atoms with Crippen molar-refractivity contribution in [2.24, 2.45) is 5.92 Å². The fourth-order valence-corrected chi connectivity index (χ4v) is 2.76. The number of hydrogen-bond donors (Lipinski definition) is 0. The van der Waals surface area contributed by atoms with E-state index < -0.39 is 0 Å². The Hall–Kier alpha value is -0.440. The van der Waals surface area contributed by atoms with Crippen LogP contribution in [-0.4, -0.2) is 15.9 Å². The third-order valence-corrected chi connectivity index (χ3v) is 4.60. The van der Waals surface area contributed by atoms with Crippen molar-refractivity contribution in [3.8, 4) is 0 Å². The second kappa shape index (κ2) is 3.30. The zero-order valence-corrected chi connectivity index (χ0v) is 9.76. The van der Waals surface area contributed by atoms with Gasteiger partial charge in [-0.05, 0) is 32.3 Å². The van der Waals surface area contributed by atoms with E-state index in [1.807, 2.05) is 0 Å². The van der Waals surface area contributed by atoms with Gasteiger partial charge in [0.25, 0.3) is 0 Å². The number of carbonyl (C=O) groups is 2. The van der Waals surface area contributed by atoms with Gasteiger partial charge in [-0.3, -0.25) is 9.59 Å². The van der Waals surface area contributed by atoms with Gasteiger partial charge in [0.2, 0.25) is 0 Å². The molecule has 0 saturated heterocycles. The van der Waals surface area contributed by atoms with Crippen LogP contribution in [0.4, 0.5) is 0 Å². The summed E-state index contributed by atoms with van der Waals surface area (Å²) in [4.78, 5) is 22.5. The Balaban J connectivity index is 2.13. The predicted molar refractivity (Wildman–Crippen MR) is 57.4 cm³/mol. The molecular weight excluding hydrogens is 244 g/mol. The van der Waals surface area contributed by atoms with E-state index in [0.717, 1.165) is 19.3 Å². The Labute approximate surface area is 91.9 Å². The molecule has 3 heteroatoms. The van der Waals surface area contributed by atoms with Crippen molar-refractivity contribution in [2.45, 2.75) is 36.9 Å². The van der Waals surface area contributed by atoms with Crippen molar-refractivity contribution in [3.05, 3.63) is 11.6 Å². The van der Waals surface area contributed by atoms with Gasteiger partial charge < -0.3 is 0 Å². The van der Waals surface area contributed by atoms with Gasteiger partial charge in [0, 0.05) is 12.3 Å². The molecule has 2 nitrogen and oxygen atoms in total. The van der Waals surface area contributed by atoms with Gasteiger partial charge >= 0.3 is 0 Å². The largest absolute Gasteiger partial charge is 0.298 e. The van der Waals surface area contributed by atoms with Crippen LogP contribution < -0.4 is 0 Å². The van der Waals surface area contributed by atoms with E-state index in [1.54, 1.807) is 13.0 Å². The SMILES string of the molecule is CC(=O)[C@@]1(Br)C[C@H]1C1=CC(=O)CCC1. The van der Waals surface area contributed by atoms with Crippen molar-refractivity contribution in [1.29, 1.82) is 0 Å². The third kappa shape index (κ3) is 1.58. The van der Waals surface area contributed by atoms with Crippen molar-refractivity contribution in [3.63, 3.8) is 0 Å². The number of Topliss-reactive ketones (excluding diaryl/α,β-unsaturated/α-hetero) is 1.